The van der Waals surface area contributed by atoms with Gasteiger partial charge >= 0.3 is 0 Å². The fourth-order valence-corrected chi connectivity index (χ4v) is 1.33. The Balaban J connectivity index is 2.79. The van der Waals surface area contributed by atoms with E-state index in [0.29, 0.717) is 0 Å². The van der Waals surface area contributed by atoms with Crippen LogP contribution in [0.3, 0.4) is 0 Å². The number of nitrogens with one attached hydrogen (secondary N) is 2. The largest absolute Gasteiger partial charge is 0.388 e. The summed E-state index contributed by atoms with van der Waals surface area (Å²) >= 11 is 0. The number of rotatable bonds is 6. The summed E-state index contributed by atoms with van der Waals surface area (Å²) in [6.45, 7) is 10.5. The molecule has 1 aromatic rings. The van der Waals surface area contributed by atoms with Crippen LogP contribution in [0.2, 0.25) is 0 Å². The van der Waals surface area contributed by atoms with E-state index in [9.17, 15) is 5.11 Å². The van der Waals surface area contributed by atoms with E-state index in [1.54, 1.807) is 13.8 Å². The summed E-state index contributed by atoms with van der Waals surface area (Å²) in [7, 11) is 0. The molecule has 0 radical (unpaired) electrons. The Morgan fingerprint density at radius 3 is 2.33 bits per heavy atom. The van der Waals surface area contributed by atoms with Gasteiger partial charge in [0.15, 0.2) is 0 Å². The third-order valence-corrected chi connectivity index (χ3v) is 3.28. The van der Waals surface area contributed by atoms with E-state index in [1.807, 2.05) is 32.0 Å². The first kappa shape index (κ1) is 14.8. The smallest absolute Gasteiger partial charge is 0.128 e. The molecule has 4 nitrogen and oxygen atoms in total. The molecule has 0 aromatic carbocycles. The fourth-order valence-electron chi connectivity index (χ4n) is 1.33. The highest BCUT2D eigenvalue weighted by atomic mass is 16.3. The zero-order chi connectivity index (χ0) is 13.8. The Morgan fingerprint density at radius 2 is 1.78 bits per heavy atom. The van der Waals surface area contributed by atoms with Gasteiger partial charge in [-0.2, -0.15) is 0 Å². The van der Waals surface area contributed by atoms with Crippen LogP contribution in [-0.2, 0) is 0 Å². The molecular weight excluding hydrogens is 226 g/mol. The lowest BCUT2D eigenvalue weighted by molar-refractivity contribution is 0.0239. The van der Waals surface area contributed by atoms with E-state index >= 15 is 0 Å². The first-order chi connectivity index (χ1) is 8.26. The quantitative estimate of drug-likeness (QED) is 0.727. The lowest BCUT2D eigenvalue weighted by atomic mass is 9.86. The number of pyridine rings is 1. The summed E-state index contributed by atoms with van der Waals surface area (Å²) in [5, 5.41) is 16.6. The molecule has 0 aliphatic heterocycles. The van der Waals surface area contributed by atoms with Crippen molar-refractivity contribution in [1.82, 2.24) is 4.98 Å². The molecule has 0 aliphatic rings. The third kappa shape index (κ3) is 3.88. The van der Waals surface area contributed by atoms with E-state index < -0.39 is 11.1 Å². The minimum absolute atomic E-state index is 0.455. The van der Waals surface area contributed by atoms with Crippen LogP contribution in [0.4, 0.5) is 11.6 Å². The molecule has 1 aromatic heterocycles. The lowest BCUT2D eigenvalue weighted by Gasteiger charge is -2.38. The maximum Gasteiger partial charge on any atom is 0.128 e. The zero-order valence-electron chi connectivity index (χ0n) is 12.0. The van der Waals surface area contributed by atoms with Crippen molar-refractivity contribution in [3.05, 3.63) is 18.2 Å². The first-order valence-corrected chi connectivity index (χ1v) is 6.48. The Bertz CT molecular complexity index is 383. The molecule has 3 N–H and O–H groups in total. The van der Waals surface area contributed by atoms with Crippen LogP contribution < -0.4 is 10.6 Å². The van der Waals surface area contributed by atoms with E-state index in [4.69, 9.17) is 0 Å². The van der Waals surface area contributed by atoms with E-state index in [-0.39, 0.29) is 0 Å². The molecule has 0 saturated carbocycles. The Hall–Kier alpha value is -1.29. The summed E-state index contributed by atoms with van der Waals surface area (Å²) in [6.07, 6.45) is 1.06. The summed E-state index contributed by atoms with van der Waals surface area (Å²) in [4.78, 5) is 4.48. The van der Waals surface area contributed by atoms with Crippen LogP contribution >= 0.6 is 0 Å². The van der Waals surface area contributed by atoms with Crippen LogP contribution in [0.15, 0.2) is 18.2 Å². The first-order valence-electron chi connectivity index (χ1n) is 6.48. The van der Waals surface area contributed by atoms with Crippen molar-refractivity contribution < 1.29 is 5.11 Å². The van der Waals surface area contributed by atoms with Gasteiger partial charge in [-0.1, -0.05) is 13.0 Å². The molecular formula is C14H25N3O. The van der Waals surface area contributed by atoms with Crippen molar-refractivity contribution in [2.24, 2.45) is 0 Å². The molecule has 0 aliphatic carbocycles. The maximum absolute atomic E-state index is 10.1. The average Bonchev–Trinajstić information content (AvgIpc) is 2.24. The van der Waals surface area contributed by atoms with Crippen LogP contribution in [0.5, 0.6) is 0 Å². The van der Waals surface area contributed by atoms with E-state index in [0.717, 1.165) is 24.6 Å². The highest BCUT2D eigenvalue weighted by Gasteiger charge is 2.35. The third-order valence-electron chi connectivity index (χ3n) is 3.28. The number of anilines is 2. The van der Waals surface area contributed by atoms with Gasteiger partial charge in [0.05, 0.1) is 11.1 Å². The molecule has 0 unspecified atom stereocenters. The molecule has 0 amide bonds. The fraction of sp³-hybridized carbons (Fsp3) is 0.643. The molecule has 0 fully saturated rings. The van der Waals surface area contributed by atoms with Crippen LogP contribution in [0.1, 0.15) is 41.0 Å². The average molecular weight is 251 g/mol. The zero-order valence-corrected chi connectivity index (χ0v) is 12.0. The summed E-state index contributed by atoms with van der Waals surface area (Å²) in [5.41, 5.74) is -1.29. The molecule has 1 heterocycles. The van der Waals surface area contributed by atoms with Gasteiger partial charge in [-0.15, -0.1) is 0 Å². The SMILES string of the molecule is CCCNc1cccc(NC(C)(C)C(C)(C)O)n1. The Labute approximate surface area is 110 Å². The van der Waals surface area contributed by atoms with Gasteiger partial charge in [0, 0.05) is 6.54 Å². The van der Waals surface area contributed by atoms with Gasteiger partial charge in [-0.3, -0.25) is 0 Å². The molecule has 18 heavy (non-hydrogen) atoms. The predicted molar refractivity (Wildman–Crippen MR) is 77.0 cm³/mol. The highest BCUT2D eigenvalue weighted by molar-refractivity contribution is 5.46. The van der Waals surface area contributed by atoms with Crippen LogP contribution in [-0.4, -0.2) is 27.8 Å². The predicted octanol–water partition coefficient (Wildman–Crippen LogP) is 2.86. The summed E-state index contributed by atoms with van der Waals surface area (Å²) in [6, 6.07) is 5.80. The lowest BCUT2D eigenvalue weighted by Crippen LogP contribution is -2.51. The molecule has 4 heteroatoms. The van der Waals surface area contributed by atoms with Crippen molar-refractivity contribution in [2.45, 2.75) is 52.2 Å². The van der Waals surface area contributed by atoms with Crippen LogP contribution in [0.25, 0.3) is 0 Å². The maximum atomic E-state index is 10.1. The molecule has 0 saturated heterocycles. The monoisotopic (exact) mass is 251 g/mol. The van der Waals surface area contributed by atoms with Crippen molar-refractivity contribution in [2.75, 3.05) is 17.2 Å². The Kier molecular flexibility index (Phi) is 4.57. The van der Waals surface area contributed by atoms with Crippen molar-refractivity contribution in [1.29, 1.82) is 0 Å². The number of aliphatic hydroxyl groups is 1. The molecule has 0 spiro atoms. The minimum Gasteiger partial charge on any atom is -0.388 e. The van der Waals surface area contributed by atoms with Crippen LogP contribution in [0, 0.1) is 0 Å². The van der Waals surface area contributed by atoms with Crippen molar-refractivity contribution in [3.63, 3.8) is 0 Å². The van der Waals surface area contributed by atoms with Gasteiger partial charge in [-0.25, -0.2) is 4.98 Å². The second kappa shape index (κ2) is 5.57. The normalized spacial score (nSPS) is 12.3. The van der Waals surface area contributed by atoms with Gasteiger partial charge in [-0.05, 0) is 46.2 Å². The van der Waals surface area contributed by atoms with Crippen molar-refractivity contribution >= 4 is 11.6 Å². The highest BCUT2D eigenvalue weighted by Crippen LogP contribution is 2.25. The van der Waals surface area contributed by atoms with E-state index in [1.165, 1.54) is 0 Å². The van der Waals surface area contributed by atoms with Gasteiger partial charge in [0.1, 0.15) is 11.6 Å². The second-order valence-corrected chi connectivity index (χ2v) is 5.64. The topological polar surface area (TPSA) is 57.2 Å². The summed E-state index contributed by atoms with van der Waals surface area (Å²) < 4.78 is 0. The standard InChI is InChI=1S/C14H25N3O/c1-6-10-15-11-8-7-9-12(16-11)17-13(2,3)14(4,5)18/h7-9,18H,6,10H2,1-5H3,(H2,15,16,17). The summed E-state index contributed by atoms with van der Waals surface area (Å²) in [5.74, 6) is 1.62. The van der Waals surface area contributed by atoms with Gasteiger partial charge < -0.3 is 15.7 Å². The molecule has 102 valence electrons. The molecule has 1 rings (SSSR count). The second-order valence-electron chi connectivity index (χ2n) is 5.64. The number of aromatic nitrogens is 1. The Morgan fingerprint density at radius 1 is 1.17 bits per heavy atom. The molecule has 0 atom stereocenters. The van der Waals surface area contributed by atoms with Gasteiger partial charge in [0.25, 0.3) is 0 Å². The minimum atomic E-state index is -0.832. The van der Waals surface area contributed by atoms with E-state index in [2.05, 4.69) is 22.5 Å². The van der Waals surface area contributed by atoms with Gasteiger partial charge in [0.2, 0.25) is 0 Å². The number of hydrogen-bond acceptors (Lipinski definition) is 4. The van der Waals surface area contributed by atoms with Crippen molar-refractivity contribution in [3.8, 4) is 0 Å². The number of hydrogen-bond donors (Lipinski definition) is 3. The number of nitrogens with zero attached hydrogens (tertiary/aromatic N) is 1. The molecule has 0 bridgehead atoms.